The molecule has 4 atom stereocenters. The number of carbonyl (C=O) groups is 1. The van der Waals surface area contributed by atoms with Crippen molar-refractivity contribution in [1.82, 2.24) is 20.0 Å². The number of aryl methyl sites for hydroxylation is 1. The van der Waals surface area contributed by atoms with Crippen molar-refractivity contribution in [2.75, 3.05) is 31.1 Å². The van der Waals surface area contributed by atoms with Crippen LogP contribution in [0.2, 0.25) is 0 Å². The molecule has 1 saturated heterocycles. The van der Waals surface area contributed by atoms with Gasteiger partial charge in [0.25, 0.3) is 5.91 Å². The zero-order chi connectivity index (χ0) is 24.4. The number of halogens is 1. The summed E-state index contributed by atoms with van der Waals surface area (Å²) >= 11 is 0. The number of para-hydroxylation sites is 1. The summed E-state index contributed by atoms with van der Waals surface area (Å²) in [5.41, 5.74) is 1.50. The third-order valence-electron chi connectivity index (χ3n) is 6.83. The summed E-state index contributed by atoms with van der Waals surface area (Å²) in [4.78, 5) is 17.5. The number of benzene rings is 2. The fourth-order valence-electron chi connectivity index (χ4n) is 5.13. The lowest BCUT2D eigenvalue weighted by molar-refractivity contribution is 0.00527. The zero-order valence-electron chi connectivity index (χ0n) is 19.6. The number of piperazine rings is 1. The average molecular weight is 480 g/mol. The average Bonchev–Trinajstić information content (AvgIpc) is 3.43. The fourth-order valence-corrected chi connectivity index (χ4v) is 5.13. The van der Waals surface area contributed by atoms with Gasteiger partial charge in [0.05, 0.1) is 12.1 Å². The van der Waals surface area contributed by atoms with Crippen LogP contribution in [0.15, 0.2) is 66.9 Å². The highest BCUT2D eigenvalue weighted by Crippen LogP contribution is 2.31. The molecule has 0 radical (unpaired) electrons. The first-order valence-corrected chi connectivity index (χ1v) is 11.9. The minimum absolute atomic E-state index is 0.290. The van der Waals surface area contributed by atoms with Gasteiger partial charge in [-0.1, -0.05) is 24.3 Å². The molecule has 9 heteroatoms. The van der Waals surface area contributed by atoms with Gasteiger partial charge in [-0.3, -0.25) is 14.4 Å². The quantitative estimate of drug-likeness (QED) is 0.563. The molecule has 2 aromatic carbocycles. The second-order valence-electron chi connectivity index (χ2n) is 9.14. The number of hydrogen-bond donors (Lipinski definition) is 2. The minimum Gasteiger partial charge on any atom is -0.487 e. The number of ether oxygens (including phenoxy) is 1. The van der Waals surface area contributed by atoms with Crippen molar-refractivity contribution in [2.45, 2.75) is 30.7 Å². The van der Waals surface area contributed by atoms with E-state index in [2.05, 4.69) is 32.3 Å². The monoisotopic (exact) mass is 479 g/mol. The second-order valence-corrected chi connectivity index (χ2v) is 9.14. The third kappa shape index (κ3) is 5.16. The number of nitrogens with one attached hydrogen (secondary N) is 1. The van der Waals surface area contributed by atoms with Crippen LogP contribution in [0.5, 0.6) is 5.75 Å². The molecule has 1 aliphatic heterocycles. The summed E-state index contributed by atoms with van der Waals surface area (Å²) in [6.07, 6.45) is 0.688. The lowest BCUT2D eigenvalue weighted by atomic mass is 10.1. The molecular formula is C26H30FN5O3. The molecule has 5 rings (SSSR count). The largest absolute Gasteiger partial charge is 0.487 e. The fraction of sp³-hybridized carbons (Fsp3) is 0.385. The molecule has 3 aromatic rings. The van der Waals surface area contributed by atoms with Gasteiger partial charge in [-0.2, -0.15) is 5.10 Å². The maximum atomic E-state index is 13.7. The number of rotatable bonds is 6. The van der Waals surface area contributed by atoms with E-state index in [4.69, 9.17) is 4.74 Å². The molecule has 1 aromatic heterocycles. The first-order valence-electron chi connectivity index (χ1n) is 11.9. The van der Waals surface area contributed by atoms with Gasteiger partial charge in [-0.15, -0.1) is 0 Å². The van der Waals surface area contributed by atoms with Crippen LogP contribution in [0.25, 0.3) is 0 Å². The molecule has 184 valence electrons. The SMILES string of the molecule is Cn1ccc(C(=O)N[C@@H]2C[C@@H](Oc3cccc(F)c3)[C@H](O)[C@H]2N2CCN(c3ccccc3)CC2)n1. The predicted molar refractivity (Wildman–Crippen MR) is 130 cm³/mol. The Hall–Kier alpha value is -3.43. The summed E-state index contributed by atoms with van der Waals surface area (Å²) in [6.45, 7) is 3.09. The van der Waals surface area contributed by atoms with Gasteiger partial charge in [0.2, 0.25) is 0 Å². The first-order chi connectivity index (χ1) is 17.0. The highest BCUT2D eigenvalue weighted by atomic mass is 19.1. The number of amides is 1. The van der Waals surface area contributed by atoms with E-state index in [9.17, 15) is 14.3 Å². The molecule has 1 aliphatic carbocycles. The molecule has 1 saturated carbocycles. The highest BCUT2D eigenvalue weighted by molar-refractivity contribution is 5.92. The van der Waals surface area contributed by atoms with Crippen LogP contribution in [0.4, 0.5) is 10.1 Å². The molecule has 0 bridgehead atoms. The minimum atomic E-state index is -0.851. The third-order valence-corrected chi connectivity index (χ3v) is 6.83. The highest BCUT2D eigenvalue weighted by Gasteiger charge is 2.48. The van der Waals surface area contributed by atoms with Crippen LogP contribution >= 0.6 is 0 Å². The van der Waals surface area contributed by atoms with Crippen molar-refractivity contribution in [3.05, 3.63) is 78.4 Å². The smallest absolute Gasteiger partial charge is 0.272 e. The molecule has 0 unspecified atom stereocenters. The number of anilines is 1. The molecule has 2 N–H and O–H groups in total. The van der Waals surface area contributed by atoms with Crippen LogP contribution in [0, 0.1) is 5.82 Å². The topological polar surface area (TPSA) is 82.9 Å². The number of aliphatic hydroxyl groups is 1. The lowest BCUT2D eigenvalue weighted by Crippen LogP contribution is -2.59. The molecule has 35 heavy (non-hydrogen) atoms. The van der Waals surface area contributed by atoms with Crippen LogP contribution in [-0.4, -0.2) is 76.2 Å². The number of hydrogen-bond acceptors (Lipinski definition) is 6. The normalized spacial score (nSPS) is 24.9. The van der Waals surface area contributed by atoms with Gasteiger partial charge < -0.3 is 20.1 Å². The number of nitrogens with zero attached hydrogens (tertiary/aromatic N) is 4. The Morgan fingerprint density at radius 1 is 1.09 bits per heavy atom. The number of aromatic nitrogens is 2. The van der Waals surface area contributed by atoms with E-state index in [-0.39, 0.29) is 18.0 Å². The zero-order valence-corrected chi connectivity index (χ0v) is 19.6. The van der Waals surface area contributed by atoms with Crippen molar-refractivity contribution in [2.24, 2.45) is 7.05 Å². The van der Waals surface area contributed by atoms with E-state index in [0.717, 1.165) is 26.2 Å². The Bertz CT molecular complexity index is 1150. The summed E-state index contributed by atoms with van der Waals surface area (Å²) < 4.78 is 21.3. The van der Waals surface area contributed by atoms with E-state index in [1.807, 2.05) is 18.2 Å². The predicted octanol–water partition coefficient (Wildman–Crippen LogP) is 2.06. The standard InChI is InChI=1S/C26H30FN5O3/c1-30-11-10-21(29-30)26(34)28-22-17-23(35-20-9-5-6-18(27)16-20)25(33)24(22)32-14-12-31(13-15-32)19-7-3-2-4-8-19/h2-11,16,22-25,33H,12-15,17H2,1H3,(H,28,34)/t22-,23-,24+,25+/m1/s1. The van der Waals surface area contributed by atoms with E-state index in [1.54, 1.807) is 36.1 Å². The van der Waals surface area contributed by atoms with Crippen LogP contribution in [0.1, 0.15) is 16.9 Å². The Balaban J connectivity index is 1.32. The Morgan fingerprint density at radius 3 is 2.54 bits per heavy atom. The van der Waals surface area contributed by atoms with Crippen molar-refractivity contribution in [3.8, 4) is 5.75 Å². The van der Waals surface area contributed by atoms with Crippen molar-refractivity contribution in [3.63, 3.8) is 0 Å². The second kappa shape index (κ2) is 10.1. The van der Waals surface area contributed by atoms with Gasteiger partial charge in [0, 0.05) is 57.6 Å². The Morgan fingerprint density at radius 2 is 1.86 bits per heavy atom. The van der Waals surface area contributed by atoms with Gasteiger partial charge in [-0.05, 0) is 30.3 Å². The van der Waals surface area contributed by atoms with Crippen LogP contribution in [0.3, 0.4) is 0 Å². The van der Waals surface area contributed by atoms with Crippen molar-refractivity contribution < 1.29 is 19.0 Å². The molecule has 2 aliphatic rings. The van der Waals surface area contributed by atoms with Gasteiger partial charge in [-0.25, -0.2) is 4.39 Å². The van der Waals surface area contributed by atoms with Crippen LogP contribution in [-0.2, 0) is 7.05 Å². The van der Waals surface area contributed by atoms with E-state index >= 15 is 0 Å². The summed E-state index contributed by atoms with van der Waals surface area (Å²) in [6, 6.07) is 17.1. The van der Waals surface area contributed by atoms with Crippen molar-refractivity contribution in [1.29, 1.82) is 0 Å². The van der Waals surface area contributed by atoms with E-state index in [1.165, 1.54) is 17.8 Å². The summed E-state index contributed by atoms with van der Waals surface area (Å²) in [5.74, 6) is -0.330. The van der Waals surface area contributed by atoms with Gasteiger partial charge in [0.15, 0.2) is 0 Å². The number of aliphatic hydroxyl groups excluding tert-OH is 1. The molecule has 8 nitrogen and oxygen atoms in total. The van der Waals surface area contributed by atoms with Gasteiger partial charge >= 0.3 is 0 Å². The molecule has 0 spiro atoms. The maximum absolute atomic E-state index is 13.7. The molecule has 2 fully saturated rings. The lowest BCUT2D eigenvalue weighted by Gasteiger charge is -2.42. The Kier molecular flexibility index (Phi) is 6.70. The Labute approximate surface area is 203 Å². The van der Waals surface area contributed by atoms with E-state index in [0.29, 0.717) is 17.9 Å². The van der Waals surface area contributed by atoms with Gasteiger partial charge in [0.1, 0.15) is 29.5 Å². The first kappa shape index (κ1) is 23.3. The van der Waals surface area contributed by atoms with Crippen molar-refractivity contribution >= 4 is 11.6 Å². The summed E-state index contributed by atoms with van der Waals surface area (Å²) in [7, 11) is 1.76. The van der Waals surface area contributed by atoms with E-state index < -0.39 is 18.0 Å². The molecule has 2 heterocycles. The number of carbonyl (C=O) groups excluding carboxylic acids is 1. The molecular weight excluding hydrogens is 449 g/mol. The van der Waals surface area contributed by atoms with Crippen LogP contribution < -0.4 is 15.0 Å². The molecule has 1 amide bonds. The summed E-state index contributed by atoms with van der Waals surface area (Å²) in [5, 5.41) is 18.6. The maximum Gasteiger partial charge on any atom is 0.272 e.